The lowest BCUT2D eigenvalue weighted by Gasteiger charge is -2.02. The van der Waals surface area contributed by atoms with Crippen molar-refractivity contribution in [3.05, 3.63) is 0 Å². The summed E-state index contributed by atoms with van der Waals surface area (Å²) >= 11 is 0. The smallest absolute Gasteiger partial charge is 0.325 e. The molecule has 0 aromatic heterocycles. The van der Waals surface area contributed by atoms with Crippen molar-refractivity contribution in [2.24, 2.45) is 5.73 Å². The second-order valence-corrected chi connectivity index (χ2v) is 1.79. The van der Waals surface area contributed by atoms with Gasteiger partial charge in [0.1, 0.15) is 6.54 Å². The van der Waals surface area contributed by atoms with Gasteiger partial charge in [-0.25, -0.2) is 0 Å². The van der Waals surface area contributed by atoms with Crippen molar-refractivity contribution < 1.29 is 14.3 Å². The SMILES string of the molecule is Br.CCOC(=O)CNC(=O)CN. The molecular formula is C6H13BrN2O3. The molecule has 0 rings (SSSR count). The highest BCUT2D eigenvalue weighted by molar-refractivity contribution is 8.93. The lowest BCUT2D eigenvalue weighted by molar-refractivity contribution is -0.143. The zero-order valence-corrected chi connectivity index (χ0v) is 8.54. The minimum Gasteiger partial charge on any atom is -0.465 e. The molecule has 0 aromatic rings. The Bertz CT molecular complexity index is 152. The number of halogens is 1. The molecule has 0 saturated heterocycles. The third kappa shape index (κ3) is 7.49. The van der Waals surface area contributed by atoms with Crippen LogP contribution in [0.3, 0.4) is 0 Å². The van der Waals surface area contributed by atoms with Crippen LogP contribution in [-0.4, -0.2) is 31.6 Å². The van der Waals surface area contributed by atoms with Crippen molar-refractivity contribution in [1.82, 2.24) is 5.32 Å². The van der Waals surface area contributed by atoms with Crippen LogP contribution in [0.5, 0.6) is 0 Å². The van der Waals surface area contributed by atoms with Crippen LogP contribution in [0.2, 0.25) is 0 Å². The Balaban J connectivity index is 0. The molecule has 12 heavy (non-hydrogen) atoms. The largest absolute Gasteiger partial charge is 0.465 e. The van der Waals surface area contributed by atoms with Crippen molar-refractivity contribution >= 4 is 28.9 Å². The average Bonchev–Trinajstić information content (AvgIpc) is 2.01. The molecule has 0 bridgehead atoms. The van der Waals surface area contributed by atoms with Crippen LogP contribution < -0.4 is 11.1 Å². The third-order valence-electron chi connectivity index (χ3n) is 0.921. The van der Waals surface area contributed by atoms with Gasteiger partial charge in [-0.2, -0.15) is 0 Å². The summed E-state index contributed by atoms with van der Waals surface area (Å²) < 4.78 is 4.54. The number of hydrogen-bond acceptors (Lipinski definition) is 4. The van der Waals surface area contributed by atoms with Gasteiger partial charge in [0.25, 0.3) is 0 Å². The van der Waals surface area contributed by atoms with Gasteiger partial charge in [0.15, 0.2) is 0 Å². The number of ether oxygens (including phenoxy) is 1. The van der Waals surface area contributed by atoms with Crippen molar-refractivity contribution in [3.63, 3.8) is 0 Å². The molecule has 0 aliphatic heterocycles. The maximum Gasteiger partial charge on any atom is 0.325 e. The summed E-state index contributed by atoms with van der Waals surface area (Å²) in [5.41, 5.74) is 4.97. The third-order valence-corrected chi connectivity index (χ3v) is 0.921. The Labute approximate surface area is 81.4 Å². The number of amides is 1. The first-order valence-corrected chi connectivity index (χ1v) is 3.33. The minimum absolute atomic E-state index is 0. The predicted octanol–water partition coefficient (Wildman–Crippen LogP) is -0.798. The number of carbonyl (C=O) groups is 2. The lowest BCUT2D eigenvalue weighted by Crippen LogP contribution is -2.35. The second kappa shape index (κ2) is 8.48. The molecule has 1 amide bonds. The molecule has 5 nitrogen and oxygen atoms in total. The zero-order chi connectivity index (χ0) is 8.69. The van der Waals surface area contributed by atoms with E-state index in [1.807, 2.05) is 0 Å². The Kier molecular flexibility index (Phi) is 9.84. The number of hydrogen-bond donors (Lipinski definition) is 2. The van der Waals surface area contributed by atoms with E-state index < -0.39 is 5.97 Å². The van der Waals surface area contributed by atoms with Gasteiger partial charge < -0.3 is 15.8 Å². The molecule has 6 heteroatoms. The second-order valence-electron chi connectivity index (χ2n) is 1.79. The molecule has 0 radical (unpaired) electrons. The van der Waals surface area contributed by atoms with E-state index in [4.69, 9.17) is 5.73 Å². The van der Waals surface area contributed by atoms with Crippen molar-refractivity contribution in [2.75, 3.05) is 19.7 Å². The Morgan fingerprint density at radius 1 is 1.50 bits per heavy atom. The molecule has 0 aromatic carbocycles. The van der Waals surface area contributed by atoms with Crippen molar-refractivity contribution in [2.45, 2.75) is 6.92 Å². The number of esters is 1. The van der Waals surface area contributed by atoms with E-state index >= 15 is 0 Å². The highest BCUT2D eigenvalue weighted by Crippen LogP contribution is 1.74. The predicted molar refractivity (Wildman–Crippen MR) is 49.0 cm³/mol. The highest BCUT2D eigenvalue weighted by atomic mass is 79.9. The van der Waals surface area contributed by atoms with Gasteiger partial charge in [0, 0.05) is 0 Å². The highest BCUT2D eigenvalue weighted by Gasteiger charge is 2.02. The fraction of sp³-hybridized carbons (Fsp3) is 0.667. The van der Waals surface area contributed by atoms with Crippen LogP contribution in [0.15, 0.2) is 0 Å². The molecular weight excluding hydrogens is 228 g/mol. The summed E-state index contributed by atoms with van der Waals surface area (Å²) in [5.74, 6) is -0.813. The number of nitrogens with one attached hydrogen (secondary N) is 1. The van der Waals surface area contributed by atoms with E-state index in [1.165, 1.54) is 0 Å². The molecule has 0 fully saturated rings. The van der Waals surface area contributed by atoms with Crippen molar-refractivity contribution in [1.29, 1.82) is 0 Å². The number of carbonyl (C=O) groups excluding carboxylic acids is 2. The van der Waals surface area contributed by atoms with E-state index in [0.717, 1.165) is 0 Å². The summed E-state index contributed by atoms with van der Waals surface area (Å²) in [7, 11) is 0. The minimum atomic E-state index is -0.450. The van der Waals surface area contributed by atoms with Gasteiger partial charge in [0.05, 0.1) is 13.2 Å². The normalized spacial score (nSPS) is 8.17. The molecule has 0 aliphatic rings. The van der Waals surface area contributed by atoms with Crippen LogP contribution in [0, 0.1) is 0 Å². The summed E-state index contributed by atoms with van der Waals surface area (Å²) in [6.45, 7) is 1.79. The monoisotopic (exact) mass is 240 g/mol. The zero-order valence-electron chi connectivity index (χ0n) is 6.83. The average molecular weight is 241 g/mol. The Hall–Kier alpha value is -0.620. The van der Waals surface area contributed by atoms with E-state index in [-0.39, 0.29) is 36.0 Å². The van der Waals surface area contributed by atoms with Crippen LogP contribution in [0.4, 0.5) is 0 Å². The van der Waals surface area contributed by atoms with Gasteiger partial charge in [-0.15, -0.1) is 17.0 Å². The van der Waals surface area contributed by atoms with Crippen LogP contribution >= 0.6 is 17.0 Å². The topological polar surface area (TPSA) is 81.4 Å². The fourth-order valence-corrected chi connectivity index (χ4v) is 0.455. The van der Waals surface area contributed by atoms with Gasteiger partial charge in [-0.05, 0) is 6.92 Å². The van der Waals surface area contributed by atoms with Crippen LogP contribution in [0.25, 0.3) is 0 Å². The molecule has 0 unspecified atom stereocenters. The first kappa shape index (κ1) is 13.9. The maximum atomic E-state index is 10.6. The van der Waals surface area contributed by atoms with E-state index in [0.29, 0.717) is 6.61 Å². The maximum absolute atomic E-state index is 10.6. The fourth-order valence-electron chi connectivity index (χ4n) is 0.455. The van der Waals surface area contributed by atoms with Crippen LogP contribution in [0.1, 0.15) is 6.92 Å². The molecule has 3 N–H and O–H groups in total. The van der Waals surface area contributed by atoms with Crippen molar-refractivity contribution in [3.8, 4) is 0 Å². The lowest BCUT2D eigenvalue weighted by atomic mass is 10.5. The first-order valence-electron chi connectivity index (χ1n) is 3.33. The number of nitrogens with two attached hydrogens (primary N) is 1. The summed E-state index contributed by atoms with van der Waals surface area (Å²) in [5, 5.41) is 2.28. The van der Waals surface area contributed by atoms with Crippen LogP contribution in [-0.2, 0) is 14.3 Å². The van der Waals surface area contributed by atoms with E-state index in [1.54, 1.807) is 6.92 Å². The molecule has 0 spiro atoms. The van der Waals surface area contributed by atoms with E-state index in [9.17, 15) is 9.59 Å². The van der Waals surface area contributed by atoms with Gasteiger partial charge in [-0.3, -0.25) is 9.59 Å². The molecule has 0 saturated carbocycles. The molecule has 0 aliphatic carbocycles. The summed E-state index contributed by atoms with van der Waals surface area (Å²) in [6.07, 6.45) is 0. The molecule has 0 atom stereocenters. The standard InChI is InChI=1S/C6H12N2O3.BrH/c1-2-11-6(10)4-8-5(9)3-7;/h2-4,7H2,1H3,(H,8,9);1H. The van der Waals surface area contributed by atoms with Gasteiger partial charge in [-0.1, -0.05) is 0 Å². The van der Waals surface area contributed by atoms with Gasteiger partial charge >= 0.3 is 5.97 Å². The first-order chi connectivity index (χ1) is 5.20. The molecule has 0 heterocycles. The Morgan fingerprint density at radius 3 is 2.50 bits per heavy atom. The molecule has 72 valence electrons. The quantitative estimate of drug-likeness (QED) is 0.631. The summed E-state index contributed by atoms with van der Waals surface area (Å²) in [4.78, 5) is 21.1. The Morgan fingerprint density at radius 2 is 2.08 bits per heavy atom. The number of rotatable bonds is 4. The van der Waals surface area contributed by atoms with E-state index in [2.05, 4.69) is 10.1 Å². The van der Waals surface area contributed by atoms with Gasteiger partial charge in [0.2, 0.25) is 5.91 Å². The summed E-state index contributed by atoms with van der Waals surface area (Å²) in [6, 6.07) is 0.